The van der Waals surface area contributed by atoms with Crippen LogP contribution in [0.2, 0.25) is 0 Å². The van der Waals surface area contributed by atoms with Gasteiger partial charge in [0, 0.05) is 11.8 Å². The van der Waals surface area contributed by atoms with E-state index in [2.05, 4.69) is 134 Å². The number of rotatable bonds is 1. The molecule has 0 nitrogen and oxygen atoms in total. The maximum Gasteiger partial charge on any atom is 0.0131 e. The van der Waals surface area contributed by atoms with E-state index in [0.717, 1.165) is 6.42 Å². The van der Waals surface area contributed by atoms with Crippen LogP contribution in [0.5, 0.6) is 0 Å². The molecule has 0 heterocycles. The highest BCUT2D eigenvalue weighted by molar-refractivity contribution is 5.68. The Labute approximate surface area is 215 Å². The maximum atomic E-state index is 2.35. The highest BCUT2D eigenvalue weighted by Gasteiger charge is 2.28. The lowest BCUT2D eigenvalue weighted by Crippen LogP contribution is -2.04. The van der Waals surface area contributed by atoms with Crippen molar-refractivity contribution < 1.29 is 0 Å². The van der Waals surface area contributed by atoms with Crippen LogP contribution in [-0.4, -0.2) is 0 Å². The van der Waals surface area contributed by atoms with Gasteiger partial charge in [-0.05, 0) is 70.2 Å². The summed E-state index contributed by atoms with van der Waals surface area (Å²) in [6.45, 7) is 0. The standard InChI is InChI=1S/C18H14.C9H10.C9H8/c1-3-7-15-13(5-1)9-11-17(15)18-12-10-14-6-2-4-8-16(14)18;2*1-2-5-9-7-3-6-8(9)4-1/h1-12,17-18H;1-2,4-5H,3,6-7H2;1-6H,7H2. The van der Waals surface area contributed by atoms with Crippen LogP contribution in [0, 0.1) is 0 Å². The molecule has 0 spiro atoms. The molecule has 0 fully saturated rings. The fraction of sp³-hybridized carbons (Fsp3) is 0.167. The van der Waals surface area contributed by atoms with E-state index in [0.29, 0.717) is 11.8 Å². The summed E-state index contributed by atoms with van der Waals surface area (Å²) in [5.41, 5.74) is 11.7. The van der Waals surface area contributed by atoms with E-state index in [-0.39, 0.29) is 0 Å². The van der Waals surface area contributed by atoms with Gasteiger partial charge in [0.1, 0.15) is 0 Å². The molecule has 0 aromatic heterocycles. The molecule has 0 N–H and O–H groups in total. The lowest BCUT2D eigenvalue weighted by Gasteiger charge is -2.19. The average Bonchev–Trinajstić information content (AvgIpc) is 3.74. The molecule has 176 valence electrons. The van der Waals surface area contributed by atoms with Gasteiger partial charge >= 0.3 is 0 Å². The molecule has 0 bridgehead atoms. The van der Waals surface area contributed by atoms with Gasteiger partial charge in [0.15, 0.2) is 0 Å². The number of hydrogen-bond acceptors (Lipinski definition) is 0. The smallest absolute Gasteiger partial charge is 0.0131 e. The minimum absolute atomic E-state index is 0.501. The van der Waals surface area contributed by atoms with Gasteiger partial charge in [0.25, 0.3) is 0 Å². The molecule has 0 radical (unpaired) electrons. The molecule has 4 aliphatic carbocycles. The minimum atomic E-state index is 0.501. The molecule has 0 saturated heterocycles. The molecule has 0 saturated carbocycles. The second-order valence-electron chi connectivity index (χ2n) is 9.96. The zero-order valence-electron chi connectivity index (χ0n) is 20.7. The molecule has 2 atom stereocenters. The summed E-state index contributed by atoms with van der Waals surface area (Å²) in [4.78, 5) is 0. The fourth-order valence-corrected chi connectivity index (χ4v) is 5.89. The molecule has 0 aliphatic heterocycles. The van der Waals surface area contributed by atoms with Gasteiger partial charge < -0.3 is 0 Å². The second-order valence-corrected chi connectivity index (χ2v) is 9.96. The predicted octanol–water partition coefficient (Wildman–Crippen LogP) is 9.04. The third-order valence-electron chi connectivity index (χ3n) is 7.76. The predicted molar refractivity (Wildman–Crippen MR) is 154 cm³/mol. The molecule has 0 amide bonds. The van der Waals surface area contributed by atoms with E-state index in [4.69, 9.17) is 0 Å². The van der Waals surface area contributed by atoms with Gasteiger partial charge in [-0.1, -0.05) is 134 Å². The molecular weight excluding hydrogens is 432 g/mol. The SMILES string of the molecule is C1=CC(C2C=Cc3ccccc32)c2ccccc21.C1=Cc2ccccc2C1.c1ccc2c(c1)CCC2. The first kappa shape index (κ1) is 22.6. The van der Waals surface area contributed by atoms with Crippen LogP contribution in [0.1, 0.15) is 62.8 Å². The number of hydrogen-bond donors (Lipinski definition) is 0. The van der Waals surface area contributed by atoms with Crippen molar-refractivity contribution in [1.82, 2.24) is 0 Å². The average molecular weight is 465 g/mol. The second kappa shape index (κ2) is 10.4. The van der Waals surface area contributed by atoms with Crippen LogP contribution in [0.4, 0.5) is 0 Å². The Kier molecular flexibility index (Phi) is 6.50. The maximum absolute atomic E-state index is 2.35. The van der Waals surface area contributed by atoms with E-state index >= 15 is 0 Å². The number of aryl methyl sites for hydroxylation is 2. The third kappa shape index (κ3) is 4.64. The van der Waals surface area contributed by atoms with Crippen molar-refractivity contribution in [2.24, 2.45) is 0 Å². The molecule has 4 aliphatic rings. The molecule has 0 heteroatoms. The summed E-state index contributed by atoms with van der Waals surface area (Å²) in [5, 5.41) is 0. The van der Waals surface area contributed by atoms with Crippen molar-refractivity contribution in [3.63, 3.8) is 0 Å². The Bertz CT molecular complexity index is 1360. The molecule has 4 aromatic rings. The van der Waals surface area contributed by atoms with Crippen molar-refractivity contribution in [3.05, 3.63) is 160 Å². The first-order valence-corrected chi connectivity index (χ1v) is 13.2. The first-order valence-electron chi connectivity index (χ1n) is 13.2. The molecular formula is C36H32. The summed E-state index contributed by atoms with van der Waals surface area (Å²) in [5.74, 6) is 1.00. The Balaban J connectivity index is 0.000000112. The summed E-state index contributed by atoms with van der Waals surface area (Å²) in [7, 11) is 0. The Morgan fingerprint density at radius 3 is 1.47 bits per heavy atom. The van der Waals surface area contributed by atoms with Gasteiger partial charge in [-0.2, -0.15) is 0 Å². The highest BCUT2D eigenvalue weighted by atomic mass is 14.3. The van der Waals surface area contributed by atoms with Gasteiger partial charge in [-0.25, -0.2) is 0 Å². The van der Waals surface area contributed by atoms with Crippen molar-refractivity contribution in [3.8, 4) is 0 Å². The van der Waals surface area contributed by atoms with E-state index < -0.39 is 0 Å². The van der Waals surface area contributed by atoms with E-state index in [9.17, 15) is 0 Å². The van der Waals surface area contributed by atoms with Gasteiger partial charge in [-0.3, -0.25) is 0 Å². The Hall–Kier alpha value is -3.90. The molecule has 8 rings (SSSR count). The summed E-state index contributed by atoms with van der Waals surface area (Å²) < 4.78 is 0. The van der Waals surface area contributed by atoms with Gasteiger partial charge in [-0.15, -0.1) is 0 Å². The highest BCUT2D eigenvalue weighted by Crippen LogP contribution is 2.45. The van der Waals surface area contributed by atoms with E-state index in [1.807, 2.05) is 0 Å². The zero-order valence-corrected chi connectivity index (χ0v) is 20.7. The summed E-state index contributed by atoms with van der Waals surface area (Å²) in [6, 6.07) is 34.7. The lowest BCUT2D eigenvalue weighted by atomic mass is 9.84. The van der Waals surface area contributed by atoms with Gasteiger partial charge in [0.2, 0.25) is 0 Å². The quantitative estimate of drug-likeness (QED) is 0.264. The normalized spacial score (nSPS) is 18.9. The Morgan fingerprint density at radius 1 is 0.444 bits per heavy atom. The fourth-order valence-electron chi connectivity index (χ4n) is 5.89. The van der Waals surface area contributed by atoms with E-state index in [1.165, 1.54) is 52.6 Å². The van der Waals surface area contributed by atoms with Crippen molar-refractivity contribution >= 4 is 18.2 Å². The van der Waals surface area contributed by atoms with Crippen LogP contribution >= 0.6 is 0 Å². The van der Waals surface area contributed by atoms with Gasteiger partial charge in [0.05, 0.1) is 0 Å². The third-order valence-corrected chi connectivity index (χ3v) is 7.76. The summed E-state index contributed by atoms with van der Waals surface area (Å²) >= 11 is 0. The largest absolute Gasteiger partial charge is 0.0795 e. The van der Waals surface area contributed by atoms with Crippen LogP contribution < -0.4 is 0 Å². The van der Waals surface area contributed by atoms with Crippen molar-refractivity contribution in [2.75, 3.05) is 0 Å². The zero-order chi connectivity index (χ0) is 24.2. The Morgan fingerprint density at radius 2 is 0.917 bits per heavy atom. The number of allylic oxidation sites excluding steroid dienone is 3. The molecule has 2 unspecified atom stereocenters. The minimum Gasteiger partial charge on any atom is -0.0795 e. The lowest BCUT2D eigenvalue weighted by molar-refractivity contribution is 0.759. The van der Waals surface area contributed by atoms with Crippen LogP contribution in [-0.2, 0) is 19.3 Å². The first-order chi connectivity index (χ1) is 17.9. The van der Waals surface area contributed by atoms with Crippen molar-refractivity contribution in [1.29, 1.82) is 0 Å². The number of benzene rings is 4. The topological polar surface area (TPSA) is 0 Å². The monoisotopic (exact) mass is 464 g/mol. The van der Waals surface area contributed by atoms with Crippen molar-refractivity contribution in [2.45, 2.75) is 37.5 Å². The van der Waals surface area contributed by atoms with Crippen LogP contribution in [0.15, 0.2) is 115 Å². The van der Waals surface area contributed by atoms with Crippen LogP contribution in [0.25, 0.3) is 18.2 Å². The number of fused-ring (bicyclic) bond motifs is 4. The molecule has 36 heavy (non-hydrogen) atoms. The summed E-state index contributed by atoms with van der Waals surface area (Å²) in [6.07, 6.45) is 18.7. The van der Waals surface area contributed by atoms with Crippen LogP contribution in [0.3, 0.4) is 0 Å². The molecule has 4 aromatic carbocycles. The van der Waals surface area contributed by atoms with E-state index in [1.54, 1.807) is 11.1 Å².